The van der Waals surface area contributed by atoms with Crippen molar-refractivity contribution in [2.75, 3.05) is 11.5 Å². The van der Waals surface area contributed by atoms with Crippen molar-refractivity contribution in [2.45, 2.75) is 28.5 Å². The highest BCUT2D eigenvalue weighted by Gasteiger charge is 2.54. The van der Waals surface area contributed by atoms with E-state index >= 15 is 0 Å². The van der Waals surface area contributed by atoms with E-state index < -0.39 is 51.2 Å². The van der Waals surface area contributed by atoms with Crippen molar-refractivity contribution >= 4 is 51.4 Å². The van der Waals surface area contributed by atoms with Gasteiger partial charge in [0, 0.05) is 11.5 Å². The summed E-state index contributed by atoms with van der Waals surface area (Å²) in [5.41, 5.74) is 0.320. The number of benzene rings is 1. The van der Waals surface area contributed by atoms with Gasteiger partial charge < -0.3 is 25.1 Å². The van der Waals surface area contributed by atoms with Crippen LogP contribution < -0.4 is 5.32 Å². The van der Waals surface area contributed by atoms with Gasteiger partial charge in [-0.3, -0.25) is 19.0 Å². The zero-order valence-electron chi connectivity index (χ0n) is 18.0. The lowest BCUT2D eigenvalue weighted by molar-refractivity contribution is -0.151. The molecular formula is C19H18N4O10S3. The van der Waals surface area contributed by atoms with Crippen molar-refractivity contribution in [3.05, 3.63) is 47.0 Å². The highest BCUT2D eigenvalue weighted by molar-refractivity contribution is 8.01. The van der Waals surface area contributed by atoms with E-state index in [4.69, 9.17) is 8.97 Å². The summed E-state index contributed by atoms with van der Waals surface area (Å²) in [6.45, 7) is 0. The van der Waals surface area contributed by atoms with Crippen molar-refractivity contribution in [3.8, 4) is 5.75 Å². The molecule has 36 heavy (non-hydrogen) atoms. The first-order valence-electron chi connectivity index (χ1n) is 10.0. The minimum atomic E-state index is -4.36. The molecule has 0 spiro atoms. The molecule has 0 aliphatic carbocycles. The molecule has 1 aromatic carbocycles. The van der Waals surface area contributed by atoms with E-state index in [0.29, 0.717) is 5.57 Å². The molecule has 17 heteroatoms. The Morgan fingerprint density at radius 3 is 2.61 bits per heavy atom. The number of aliphatic hydroxyl groups is 1. The summed E-state index contributed by atoms with van der Waals surface area (Å²) in [5, 5.41) is 38.2. The Hall–Kier alpha value is -3.12. The maximum Gasteiger partial charge on any atom is 0.352 e. The number of amides is 2. The first-order chi connectivity index (χ1) is 16.9. The number of β-lactam (4-membered cyclic amide) rings is 1. The summed E-state index contributed by atoms with van der Waals surface area (Å²) in [6.07, 6.45) is -1.59. The lowest BCUT2D eigenvalue weighted by atomic mass is 10.0. The average Bonchev–Trinajstić information content (AvgIpc) is 3.25. The third-order valence-corrected chi connectivity index (χ3v) is 7.98. The number of aromatic hydroxyl groups is 1. The zero-order chi connectivity index (χ0) is 26.2. The Bertz CT molecular complexity index is 1340. The number of nitrogens with one attached hydrogen (secondary N) is 1. The van der Waals surface area contributed by atoms with E-state index in [1.807, 2.05) is 0 Å². The van der Waals surface area contributed by atoms with Gasteiger partial charge in [0.25, 0.3) is 27.2 Å². The van der Waals surface area contributed by atoms with E-state index in [1.54, 1.807) is 0 Å². The number of hydrogen-bond acceptors (Lipinski definition) is 12. The number of aromatic nitrogens is 2. The van der Waals surface area contributed by atoms with E-state index in [-0.39, 0.29) is 39.6 Å². The van der Waals surface area contributed by atoms with Crippen LogP contribution in [0.25, 0.3) is 0 Å². The number of fused-ring (bicyclic) bond motifs is 1. The topological polar surface area (TPSA) is 220 Å². The van der Waals surface area contributed by atoms with Crippen molar-refractivity contribution in [3.63, 3.8) is 0 Å². The second kappa shape index (κ2) is 10.1. The van der Waals surface area contributed by atoms with Gasteiger partial charge in [-0.25, -0.2) is 4.79 Å². The SMILES string of the molecule is O=C(O)C1=C(CSc2nnc(CS(=O)(=O)O)o2)CS[C@H]2C(NC(=O)C(O)c3ccc(O)cc3)C(=O)N12. The van der Waals surface area contributed by atoms with E-state index in [0.717, 1.165) is 16.7 Å². The molecule has 0 saturated carbocycles. The number of carbonyl (C=O) groups excluding carboxylic acids is 2. The van der Waals surface area contributed by atoms with Crippen LogP contribution in [0.3, 0.4) is 0 Å². The van der Waals surface area contributed by atoms with Gasteiger partial charge in [0.1, 0.15) is 22.9 Å². The molecule has 2 aromatic rings. The maximum atomic E-state index is 12.8. The number of carboxylic acid groups (broad SMARTS) is 1. The highest BCUT2D eigenvalue weighted by Crippen LogP contribution is 2.41. The lowest BCUT2D eigenvalue weighted by Gasteiger charge is -2.49. The molecule has 5 N–H and O–H groups in total. The Balaban J connectivity index is 1.42. The summed E-state index contributed by atoms with van der Waals surface area (Å²) < 4.78 is 35.8. The van der Waals surface area contributed by atoms with E-state index in [2.05, 4.69) is 15.5 Å². The highest BCUT2D eigenvalue weighted by atomic mass is 32.2. The molecule has 3 atom stereocenters. The quantitative estimate of drug-likeness (QED) is 0.152. The van der Waals surface area contributed by atoms with Crippen LogP contribution in [0, 0.1) is 0 Å². The molecule has 14 nitrogen and oxygen atoms in total. The van der Waals surface area contributed by atoms with Crippen LogP contribution in [0.5, 0.6) is 5.75 Å². The van der Waals surface area contributed by atoms with Gasteiger partial charge in [0.2, 0.25) is 5.89 Å². The van der Waals surface area contributed by atoms with Crippen LogP contribution in [0.4, 0.5) is 0 Å². The molecule has 0 radical (unpaired) electrons. The normalized spacial score (nSPS) is 20.5. The van der Waals surface area contributed by atoms with Crippen LogP contribution in [0.2, 0.25) is 0 Å². The summed E-state index contributed by atoms with van der Waals surface area (Å²) in [4.78, 5) is 38.2. The second-order valence-electron chi connectivity index (χ2n) is 7.62. The third kappa shape index (κ3) is 5.49. The predicted octanol–water partition coefficient (Wildman–Crippen LogP) is -0.273. The fourth-order valence-corrected chi connectivity index (χ4v) is 6.19. The molecule has 4 rings (SSSR count). The zero-order valence-corrected chi connectivity index (χ0v) is 20.4. The average molecular weight is 559 g/mol. The number of hydrogen-bond donors (Lipinski definition) is 5. The molecule has 1 fully saturated rings. The number of phenols is 1. The Labute approximate surface area is 211 Å². The standard InChI is InChI=1S/C19H18N4O10S3/c24-10-3-1-8(2-4-10)14(25)15(26)20-12-16(27)23-13(18(28)29)9(5-34-17(12)23)6-35-19-22-21-11(33-19)7-36(30,31)32/h1-4,12,14,17,24-25H,5-7H2,(H,20,26)(H,28,29)(H,30,31,32)/t12?,14?,17-/m0/s1. The number of thioether (sulfide) groups is 2. The van der Waals surface area contributed by atoms with Gasteiger partial charge in [0.15, 0.2) is 11.9 Å². The van der Waals surface area contributed by atoms with Gasteiger partial charge in [0.05, 0.1) is 0 Å². The summed E-state index contributed by atoms with van der Waals surface area (Å²) >= 11 is 2.14. The molecule has 3 heterocycles. The lowest BCUT2D eigenvalue weighted by Crippen LogP contribution is -2.70. The van der Waals surface area contributed by atoms with E-state index in [1.165, 1.54) is 36.0 Å². The Kier molecular flexibility index (Phi) is 7.28. The minimum Gasteiger partial charge on any atom is -0.508 e. The molecule has 2 aliphatic heterocycles. The van der Waals surface area contributed by atoms with Gasteiger partial charge >= 0.3 is 5.97 Å². The number of aliphatic carboxylic acids is 1. The number of phenolic OH excluding ortho intramolecular Hbond substituents is 1. The predicted molar refractivity (Wildman–Crippen MR) is 123 cm³/mol. The Morgan fingerprint density at radius 1 is 1.28 bits per heavy atom. The van der Waals surface area contributed by atoms with Crippen molar-refractivity contribution in [1.29, 1.82) is 0 Å². The van der Waals surface area contributed by atoms with Gasteiger partial charge in [-0.15, -0.1) is 22.0 Å². The van der Waals surface area contributed by atoms with E-state index in [9.17, 15) is 38.1 Å². The fourth-order valence-electron chi connectivity index (χ4n) is 3.49. The fraction of sp³-hybridized carbons (Fsp3) is 0.316. The summed E-state index contributed by atoms with van der Waals surface area (Å²) in [6, 6.07) is 4.26. The van der Waals surface area contributed by atoms with Crippen LogP contribution in [0.1, 0.15) is 17.6 Å². The van der Waals surface area contributed by atoms with Gasteiger partial charge in [-0.1, -0.05) is 23.9 Å². The Morgan fingerprint density at radius 2 is 1.97 bits per heavy atom. The summed E-state index contributed by atoms with van der Waals surface area (Å²) in [7, 11) is -4.36. The molecule has 2 unspecified atom stereocenters. The van der Waals surface area contributed by atoms with Crippen molar-refractivity contribution in [1.82, 2.24) is 20.4 Å². The summed E-state index contributed by atoms with van der Waals surface area (Å²) in [5.74, 6) is -3.87. The molecule has 192 valence electrons. The number of nitrogens with zero attached hydrogens (tertiary/aromatic N) is 3. The smallest absolute Gasteiger partial charge is 0.352 e. The van der Waals surface area contributed by atoms with Crippen LogP contribution in [-0.2, 0) is 30.3 Å². The monoisotopic (exact) mass is 558 g/mol. The number of aliphatic hydroxyl groups excluding tert-OH is 1. The van der Waals surface area contributed by atoms with Crippen molar-refractivity contribution in [2.24, 2.45) is 0 Å². The minimum absolute atomic E-state index is 0.0369. The molecule has 2 aliphatic rings. The van der Waals surface area contributed by atoms with Crippen LogP contribution >= 0.6 is 23.5 Å². The van der Waals surface area contributed by atoms with Crippen molar-refractivity contribution < 1.29 is 47.1 Å². The largest absolute Gasteiger partial charge is 0.508 e. The number of carbonyl (C=O) groups is 3. The number of rotatable bonds is 9. The second-order valence-corrected chi connectivity index (χ2v) is 11.1. The molecule has 2 amide bonds. The van der Waals surface area contributed by atoms with Crippen LogP contribution in [0.15, 0.2) is 45.2 Å². The van der Waals surface area contributed by atoms with Gasteiger partial charge in [-0.2, -0.15) is 8.42 Å². The molecule has 0 bridgehead atoms. The van der Waals surface area contributed by atoms with Gasteiger partial charge in [-0.05, 0) is 23.3 Å². The first-order valence-corrected chi connectivity index (χ1v) is 13.7. The molecule has 1 saturated heterocycles. The third-order valence-electron chi connectivity index (χ3n) is 5.13. The molecule has 1 aromatic heterocycles. The first kappa shape index (κ1) is 26.0. The maximum absolute atomic E-state index is 12.8. The molecular weight excluding hydrogens is 540 g/mol. The van der Waals surface area contributed by atoms with Crippen LogP contribution in [-0.4, -0.2) is 84.1 Å². The number of carboxylic acids is 1.